The molecular weight excluding hydrogens is 346 g/mol. The normalized spacial score (nSPS) is 16.5. The predicted octanol–water partition coefficient (Wildman–Crippen LogP) is 4.68. The van der Waals surface area contributed by atoms with E-state index in [1.807, 2.05) is 11.8 Å². The van der Waals surface area contributed by atoms with Crippen LogP contribution >= 0.6 is 23.1 Å². The molecule has 0 aliphatic carbocycles. The SMILES string of the molecule is Nc1nc2ccc(CCN3CCC(Sc4ccccc4)CC3)cc2s1. The van der Waals surface area contributed by atoms with Crippen LogP contribution in [-0.4, -0.2) is 34.8 Å². The summed E-state index contributed by atoms with van der Waals surface area (Å²) in [6, 6.07) is 17.3. The molecule has 2 heterocycles. The molecule has 5 heteroatoms. The van der Waals surface area contributed by atoms with Crippen LogP contribution in [0.5, 0.6) is 0 Å². The van der Waals surface area contributed by atoms with Gasteiger partial charge in [0.15, 0.2) is 5.13 Å². The molecule has 1 aromatic heterocycles. The lowest BCUT2D eigenvalue weighted by Gasteiger charge is -2.31. The fourth-order valence-corrected chi connectivity index (χ4v) is 5.32. The summed E-state index contributed by atoms with van der Waals surface area (Å²) in [5.74, 6) is 0. The van der Waals surface area contributed by atoms with Crippen molar-refractivity contribution in [2.24, 2.45) is 0 Å². The average Bonchev–Trinajstić information content (AvgIpc) is 3.01. The van der Waals surface area contributed by atoms with Crippen LogP contribution in [0.1, 0.15) is 18.4 Å². The van der Waals surface area contributed by atoms with Gasteiger partial charge in [-0.1, -0.05) is 35.6 Å². The number of nitrogen functional groups attached to an aromatic ring is 1. The molecule has 2 aromatic carbocycles. The first-order valence-corrected chi connectivity index (χ1v) is 10.5. The Bertz CT molecular complexity index is 823. The first-order chi connectivity index (χ1) is 12.3. The highest BCUT2D eigenvalue weighted by molar-refractivity contribution is 8.00. The summed E-state index contributed by atoms with van der Waals surface area (Å²) >= 11 is 3.62. The van der Waals surface area contributed by atoms with Gasteiger partial charge in [0.05, 0.1) is 10.2 Å². The van der Waals surface area contributed by atoms with Crippen LogP contribution in [0.25, 0.3) is 10.2 Å². The third-order valence-corrected chi connectivity index (χ3v) is 6.96. The van der Waals surface area contributed by atoms with Crippen LogP contribution in [-0.2, 0) is 6.42 Å². The fourth-order valence-electron chi connectivity index (χ4n) is 3.37. The summed E-state index contributed by atoms with van der Waals surface area (Å²) in [4.78, 5) is 8.34. The minimum atomic E-state index is 0.658. The predicted molar refractivity (Wildman–Crippen MR) is 109 cm³/mol. The van der Waals surface area contributed by atoms with Crippen molar-refractivity contribution < 1.29 is 0 Å². The standard InChI is InChI=1S/C20H23N3S2/c21-20-22-18-7-6-15(14-19(18)25-20)8-11-23-12-9-17(10-13-23)24-16-4-2-1-3-5-16/h1-7,14,17H,8-13H2,(H2,21,22). The molecule has 0 amide bonds. The van der Waals surface area contributed by atoms with E-state index in [1.54, 1.807) is 11.3 Å². The fraction of sp³-hybridized carbons (Fsp3) is 0.350. The van der Waals surface area contributed by atoms with E-state index in [0.29, 0.717) is 5.13 Å². The second-order valence-electron chi connectivity index (χ2n) is 6.58. The lowest BCUT2D eigenvalue weighted by atomic mass is 10.1. The summed E-state index contributed by atoms with van der Waals surface area (Å²) in [5, 5.41) is 1.42. The molecule has 1 fully saturated rings. The molecule has 1 aliphatic heterocycles. The van der Waals surface area contributed by atoms with Gasteiger partial charge in [-0.3, -0.25) is 0 Å². The number of hydrogen-bond donors (Lipinski definition) is 1. The Hall–Kier alpha value is -1.56. The van der Waals surface area contributed by atoms with Gasteiger partial charge in [-0.25, -0.2) is 4.98 Å². The zero-order chi connectivity index (χ0) is 17.1. The van der Waals surface area contributed by atoms with Gasteiger partial charge in [0.1, 0.15) is 0 Å². The smallest absolute Gasteiger partial charge is 0.181 e. The number of anilines is 1. The second kappa shape index (κ2) is 7.77. The highest BCUT2D eigenvalue weighted by Gasteiger charge is 2.19. The molecule has 0 saturated carbocycles. The summed E-state index contributed by atoms with van der Waals surface area (Å²) in [5.41, 5.74) is 8.20. The van der Waals surface area contributed by atoms with Gasteiger partial charge in [-0.05, 0) is 62.2 Å². The first-order valence-electron chi connectivity index (χ1n) is 8.85. The Morgan fingerprint density at radius 3 is 2.72 bits per heavy atom. The molecule has 25 heavy (non-hydrogen) atoms. The molecule has 3 nitrogen and oxygen atoms in total. The molecule has 2 N–H and O–H groups in total. The number of aromatic nitrogens is 1. The third-order valence-electron chi connectivity index (χ3n) is 4.77. The van der Waals surface area contributed by atoms with Gasteiger partial charge in [0.25, 0.3) is 0 Å². The van der Waals surface area contributed by atoms with Crippen molar-refractivity contribution in [1.29, 1.82) is 0 Å². The number of likely N-dealkylation sites (tertiary alicyclic amines) is 1. The van der Waals surface area contributed by atoms with E-state index in [2.05, 4.69) is 58.4 Å². The van der Waals surface area contributed by atoms with Crippen LogP contribution in [0.3, 0.4) is 0 Å². The van der Waals surface area contributed by atoms with Gasteiger partial charge in [0.2, 0.25) is 0 Å². The van der Waals surface area contributed by atoms with Crippen molar-refractivity contribution in [1.82, 2.24) is 9.88 Å². The summed E-state index contributed by atoms with van der Waals surface area (Å²) in [7, 11) is 0. The molecule has 130 valence electrons. The van der Waals surface area contributed by atoms with Crippen molar-refractivity contribution in [3.8, 4) is 0 Å². The zero-order valence-corrected chi connectivity index (χ0v) is 15.9. The molecule has 0 spiro atoms. The Kier molecular flexibility index (Phi) is 5.25. The summed E-state index contributed by atoms with van der Waals surface area (Å²) in [6.07, 6.45) is 3.66. The Morgan fingerprint density at radius 2 is 1.92 bits per heavy atom. The van der Waals surface area contributed by atoms with E-state index in [4.69, 9.17) is 5.73 Å². The zero-order valence-electron chi connectivity index (χ0n) is 14.2. The molecule has 0 unspecified atom stereocenters. The van der Waals surface area contributed by atoms with Gasteiger partial charge in [-0.15, -0.1) is 11.8 Å². The highest BCUT2D eigenvalue weighted by Crippen LogP contribution is 2.30. The number of hydrogen-bond acceptors (Lipinski definition) is 5. The van der Waals surface area contributed by atoms with Gasteiger partial charge >= 0.3 is 0 Å². The largest absolute Gasteiger partial charge is 0.375 e. The van der Waals surface area contributed by atoms with Gasteiger partial charge in [-0.2, -0.15) is 0 Å². The molecule has 1 aliphatic rings. The molecule has 3 aromatic rings. The monoisotopic (exact) mass is 369 g/mol. The van der Waals surface area contributed by atoms with E-state index in [1.165, 1.54) is 41.1 Å². The quantitative estimate of drug-likeness (QED) is 0.709. The van der Waals surface area contributed by atoms with E-state index < -0.39 is 0 Å². The number of nitrogens with zero attached hydrogens (tertiary/aromatic N) is 2. The molecule has 1 saturated heterocycles. The summed E-state index contributed by atoms with van der Waals surface area (Å²) in [6.45, 7) is 3.56. The summed E-state index contributed by atoms with van der Waals surface area (Å²) < 4.78 is 1.20. The van der Waals surface area contributed by atoms with Gasteiger partial charge in [0, 0.05) is 16.7 Å². The third kappa shape index (κ3) is 4.35. The maximum absolute atomic E-state index is 5.80. The van der Waals surface area contributed by atoms with E-state index >= 15 is 0 Å². The van der Waals surface area contributed by atoms with Crippen LogP contribution in [0, 0.1) is 0 Å². The van der Waals surface area contributed by atoms with Crippen molar-refractivity contribution in [2.75, 3.05) is 25.4 Å². The van der Waals surface area contributed by atoms with E-state index in [9.17, 15) is 0 Å². The van der Waals surface area contributed by atoms with E-state index in [-0.39, 0.29) is 0 Å². The Morgan fingerprint density at radius 1 is 1.12 bits per heavy atom. The number of fused-ring (bicyclic) bond motifs is 1. The number of thioether (sulfide) groups is 1. The Labute approximate surface area is 157 Å². The number of piperidine rings is 1. The number of benzene rings is 2. The van der Waals surface area contributed by atoms with Crippen molar-refractivity contribution in [3.05, 3.63) is 54.1 Å². The molecule has 0 bridgehead atoms. The highest BCUT2D eigenvalue weighted by atomic mass is 32.2. The molecule has 0 atom stereocenters. The van der Waals surface area contributed by atoms with Crippen molar-refractivity contribution in [2.45, 2.75) is 29.4 Å². The van der Waals surface area contributed by atoms with Crippen LogP contribution < -0.4 is 5.73 Å². The number of thiazole rings is 1. The average molecular weight is 370 g/mol. The second-order valence-corrected chi connectivity index (χ2v) is 9.01. The van der Waals surface area contributed by atoms with E-state index in [0.717, 1.165) is 23.7 Å². The minimum Gasteiger partial charge on any atom is -0.375 e. The van der Waals surface area contributed by atoms with Crippen LogP contribution in [0.2, 0.25) is 0 Å². The molecular formula is C20H23N3S2. The Balaban J connectivity index is 1.26. The topological polar surface area (TPSA) is 42.1 Å². The maximum atomic E-state index is 5.80. The first kappa shape index (κ1) is 16.9. The van der Waals surface area contributed by atoms with Crippen molar-refractivity contribution >= 4 is 38.4 Å². The minimum absolute atomic E-state index is 0.658. The number of rotatable bonds is 5. The lowest BCUT2D eigenvalue weighted by Crippen LogP contribution is -2.36. The van der Waals surface area contributed by atoms with Crippen molar-refractivity contribution in [3.63, 3.8) is 0 Å². The van der Waals surface area contributed by atoms with Crippen LogP contribution in [0.15, 0.2) is 53.4 Å². The van der Waals surface area contributed by atoms with Gasteiger partial charge < -0.3 is 10.6 Å². The molecule has 4 rings (SSSR count). The maximum Gasteiger partial charge on any atom is 0.181 e. The lowest BCUT2D eigenvalue weighted by molar-refractivity contribution is 0.235. The molecule has 0 radical (unpaired) electrons. The van der Waals surface area contributed by atoms with Crippen LogP contribution in [0.4, 0.5) is 5.13 Å². The number of nitrogens with two attached hydrogens (primary N) is 1.